The van der Waals surface area contributed by atoms with Crippen molar-refractivity contribution in [2.45, 2.75) is 31.7 Å². The van der Waals surface area contributed by atoms with Crippen LogP contribution in [0, 0.1) is 0 Å². The van der Waals surface area contributed by atoms with Crippen LogP contribution < -0.4 is 10.6 Å². The number of nitrogens with one attached hydrogen (secondary N) is 2. The first-order valence-corrected chi connectivity index (χ1v) is 6.36. The zero-order chi connectivity index (χ0) is 11.4. The van der Waals surface area contributed by atoms with Crippen LogP contribution >= 0.6 is 23.8 Å². The molecule has 0 aromatic heterocycles. The third-order valence-corrected chi connectivity index (χ3v) is 3.36. The van der Waals surface area contributed by atoms with E-state index in [0.29, 0.717) is 16.2 Å². The summed E-state index contributed by atoms with van der Waals surface area (Å²) in [6.07, 6.45) is 5.02. The van der Waals surface area contributed by atoms with Crippen molar-refractivity contribution in [3.8, 4) is 0 Å². The molecule has 4 heteroatoms. The lowest BCUT2D eigenvalue weighted by molar-refractivity contribution is 0.634. The maximum Gasteiger partial charge on any atom is 0.171 e. The Hall–Kier alpha value is -0.800. The predicted octanol–water partition coefficient (Wildman–Crippen LogP) is 3.57. The van der Waals surface area contributed by atoms with Gasteiger partial charge < -0.3 is 10.6 Å². The molecular weight excluding hydrogens is 240 g/mol. The fraction of sp³-hybridized carbons (Fsp3) is 0.417. The fourth-order valence-electron chi connectivity index (χ4n) is 1.98. The van der Waals surface area contributed by atoms with Crippen LogP contribution in [-0.2, 0) is 0 Å². The van der Waals surface area contributed by atoms with Gasteiger partial charge in [0.05, 0.1) is 10.7 Å². The number of halogens is 1. The highest BCUT2D eigenvalue weighted by atomic mass is 35.5. The molecule has 0 amide bonds. The van der Waals surface area contributed by atoms with Gasteiger partial charge >= 0.3 is 0 Å². The van der Waals surface area contributed by atoms with Gasteiger partial charge in [-0.05, 0) is 37.2 Å². The number of thiocarbonyl (C=S) groups is 1. The first kappa shape index (κ1) is 11.7. The van der Waals surface area contributed by atoms with Crippen LogP contribution in [0.1, 0.15) is 25.7 Å². The molecule has 2 nitrogen and oxygen atoms in total. The van der Waals surface area contributed by atoms with E-state index < -0.39 is 0 Å². The minimum absolute atomic E-state index is 0.530. The molecule has 1 fully saturated rings. The third kappa shape index (κ3) is 3.09. The molecule has 2 N–H and O–H groups in total. The summed E-state index contributed by atoms with van der Waals surface area (Å²) in [6.45, 7) is 0. The van der Waals surface area contributed by atoms with Crippen molar-refractivity contribution in [1.82, 2.24) is 5.32 Å². The van der Waals surface area contributed by atoms with Crippen LogP contribution in [-0.4, -0.2) is 11.2 Å². The average Bonchev–Trinajstić information content (AvgIpc) is 2.74. The molecule has 1 aromatic rings. The van der Waals surface area contributed by atoms with Gasteiger partial charge in [-0.1, -0.05) is 36.6 Å². The van der Waals surface area contributed by atoms with E-state index in [4.69, 9.17) is 23.8 Å². The number of hydrogen-bond acceptors (Lipinski definition) is 1. The van der Waals surface area contributed by atoms with Crippen LogP contribution in [0.3, 0.4) is 0 Å². The van der Waals surface area contributed by atoms with Crippen molar-refractivity contribution >= 4 is 34.6 Å². The topological polar surface area (TPSA) is 24.1 Å². The van der Waals surface area contributed by atoms with Crippen molar-refractivity contribution in [1.29, 1.82) is 0 Å². The summed E-state index contributed by atoms with van der Waals surface area (Å²) >= 11 is 11.3. The van der Waals surface area contributed by atoms with E-state index in [9.17, 15) is 0 Å². The van der Waals surface area contributed by atoms with Crippen molar-refractivity contribution < 1.29 is 0 Å². The first-order valence-electron chi connectivity index (χ1n) is 5.58. The van der Waals surface area contributed by atoms with Gasteiger partial charge in [0.25, 0.3) is 0 Å². The molecule has 0 saturated heterocycles. The summed E-state index contributed by atoms with van der Waals surface area (Å²) in [6, 6.07) is 8.14. The van der Waals surface area contributed by atoms with Gasteiger partial charge in [0, 0.05) is 6.04 Å². The van der Waals surface area contributed by atoms with E-state index in [1.165, 1.54) is 25.7 Å². The zero-order valence-electron chi connectivity index (χ0n) is 9.00. The first-order chi connectivity index (χ1) is 7.75. The van der Waals surface area contributed by atoms with Gasteiger partial charge in [-0.2, -0.15) is 0 Å². The largest absolute Gasteiger partial charge is 0.360 e. The monoisotopic (exact) mass is 254 g/mol. The highest BCUT2D eigenvalue weighted by Crippen LogP contribution is 2.21. The summed E-state index contributed by atoms with van der Waals surface area (Å²) in [5, 5.41) is 7.80. The van der Waals surface area contributed by atoms with Gasteiger partial charge in [0.15, 0.2) is 5.11 Å². The molecule has 1 aromatic carbocycles. The van der Waals surface area contributed by atoms with E-state index >= 15 is 0 Å². The normalized spacial score (nSPS) is 16.1. The van der Waals surface area contributed by atoms with Crippen molar-refractivity contribution in [3.05, 3.63) is 29.3 Å². The van der Waals surface area contributed by atoms with E-state index in [-0.39, 0.29) is 0 Å². The Bertz CT molecular complexity index is 375. The molecule has 0 bridgehead atoms. The van der Waals surface area contributed by atoms with Crippen LogP contribution in [0.2, 0.25) is 5.02 Å². The number of benzene rings is 1. The second-order valence-electron chi connectivity index (χ2n) is 4.06. The molecule has 1 aliphatic carbocycles. The van der Waals surface area contributed by atoms with E-state index in [1.807, 2.05) is 24.3 Å². The predicted molar refractivity (Wildman–Crippen MR) is 73.1 cm³/mol. The molecule has 0 atom stereocenters. The van der Waals surface area contributed by atoms with E-state index in [0.717, 1.165) is 5.69 Å². The summed E-state index contributed by atoms with van der Waals surface area (Å²) in [5.41, 5.74) is 0.861. The van der Waals surface area contributed by atoms with Gasteiger partial charge in [-0.15, -0.1) is 0 Å². The molecule has 0 spiro atoms. The van der Waals surface area contributed by atoms with Gasteiger partial charge in [0.2, 0.25) is 0 Å². The molecule has 1 aliphatic rings. The molecule has 86 valence electrons. The second-order valence-corrected chi connectivity index (χ2v) is 4.88. The molecule has 0 radical (unpaired) electrons. The Morgan fingerprint density at radius 2 is 1.94 bits per heavy atom. The van der Waals surface area contributed by atoms with E-state index in [2.05, 4.69) is 10.6 Å². The smallest absolute Gasteiger partial charge is 0.171 e. The number of para-hydroxylation sites is 1. The van der Waals surface area contributed by atoms with Crippen LogP contribution in [0.15, 0.2) is 24.3 Å². The Kier molecular flexibility index (Phi) is 4.02. The highest BCUT2D eigenvalue weighted by Gasteiger charge is 2.15. The standard InChI is InChI=1S/C12H15ClN2S/c13-10-7-3-4-8-11(10)15-12(16)14-9-5-1-2-6-9/h3-4,7-9H,1-2,5-6H2,(H2,14,15,16). The highest BCUT2D eigenvalue weighted by molar-refractivity contribution is 7.80. The van der Waals surface area contributed by atoms with Crippen molar-refractivity contribution in [2.24, 2.45) is 0 Å². The maximum absolute atomic E-state index is 6.04. The summed E-state index contributed by atoms with van der Waals surface area (Å²) in [4.78, 5) is 0. The Morgan fingerprint density at radius 1 is 1.25 bits per heavy atom. The summed E-state index contributed by atoms with van der Waals surface area (Å²) in [5.74, 6) is 0. The van der Waals surface area contributed by atoms with Crippen LogP contribution in [0.25, 0.3) is 0 Å². The Morgan fingerprint density at radius 3 is 2.62 bits per heavy atom. The Balaban J connectivity index is 1.89. The Labute approximate surface area is 106 Å². The molecule has 1 saturated carbocycles. The lowest BCUT2D eigenvalue weighted by Crippen LogP contribution is -2.35. The van der Waals surface area contributed by atoms with Gasteiger partial charge in [0.1, 0.15) is 0 Å². The lowest BCUT2D eigenvalue weighted by atomic mass is 10.2. The minimum atomic E-state index is 0.530. The maximum atomic E-state index is 6.04. The molecular formula is C12H15ClN2S. The van der Waals surface area contributed by atoms with Gasteiger partial charge in [-0.3, -0.25) is 0 Å². The SMILES string of the molecule is S=C(Nc1ccccc1Cl)NC1CCCC1. The average molecular weight is 255 g/mol. The molecule has 0 heterocycles. The van der Waals surface area contributed by atoms with Crippen molar-refractivity contribution in [3.63, 3.8) is 0 Å². The zero-order valence-corrected chi connectivity index (χ0v) is 10.6. The van der Waals surface area contributed by atoms with E-state index in [1.54, 1.807) is 0 Å². The summed E-state index contributed by atoms with van der Waals surface area (Å²) < 4.78 is 0. The molecule has 2 rings (SSSR count). The summed E-state index contributed by atoms with van der Waals surface area (Å²) in [7, 11) is 0. The second kappa shape index (κ2) is 5.51. The fourth-order valence-corrected chi connectivity index (χ4v) is 2.44. The number of rotatable bonds is 2. The molecule has 0 unspecified atom stereocenters. The number of hydrogen-bond donors (Lipinski definition) is 2. The quantitative estimate of drug-likeness (QED) is 0.789. The number of anilines is 1. The molecule has 16 heavy (non-hydrogen) atoms. The van der Waals surface area contributed by atoms with Crippen LogP contribution in [0.5, 0.6) is 0 Å². The lowest BCUT2D eigenvalue weighted by Gasteiger charge is -2.16. The van der Waals surface area contributed by atoms with Crippen LogP contribution in [0.4, 0.5) is 5.69 Å². The molecule has 0 aliphatic heterocycles. The van der Waals surface area contributed by atoms with Crippen molar-refractivity contribution in [2.75, 3.05) is 5.32 Å². The third-order valence-electron chi connectivity index (χ3n) is 2.81. The van der Waals surface area contributed by atoms with Gasteiger partial charge in [-0.25, -0.2) is 0 Å². The minimum Gasteiger partial charge on any atom is -0.360 e.